The topological polar surface area (TPSA) is 35.2 Å². The Bertz CT molecular complexity index is 628. The molecule has 98 valence electrons. The quantitative estimate of drug-likeness (QED) is 0.902. The van der Waals surface area contributed by atoms with Crippen LogP contribution in [0.15, 0.2) is 36.4 Å². The lowest BCUT2D eigenvalue weighted by atomic mass is 10.00. The Balaban J connectivity index is 2.07. The highest BCUT2D eigenvalue weighted by Gasteiger charge is 2.26. The molecule has 2 nitrogen and oxygen atoms in total. The van der Waals surface area contributed by atoms with Crippen LogP contribution in [0, 0.1) is 11.6 Å². The van der Waals surface area contributed by atoms with E-state index in [2.05, 4.69) is 0 Å². The Labute approximate surface area is 109 Å². The smallest absolute Gasteiger partial charge is 0.165 e. The van der Waals surface area contributed by atoms with Crippen molar-refractivity contribution in [3.8, 4) is 16.9 Å². The first-order valence-corrected chi connectivity index (χ1v) is 6.13. The van der Waals surface area contributed by atoms with Crippen LogP contribution < -0.4 is 10.5 Å². The molecule has 3 rings (SSSR count). The van der Waals surface area contributed by atoms with Crippen LogP contribution in [-0.4, -0.2) is 12.6 Å². The molecule has 0 saturated heterocycles. The molecular weight excluding hydrogens is 248 g/mol. The molecule has 0 amide bonds. The van der Waals surface area contributed by atoms with E-state index in [4.69, 9.17) is 10.5 Å². The lowest BCUT2D eigenvalue weighted by molar-refractivity contribution is 0.232. The number of fused-ring (bicyclic) bond motifs is 1. The summed E-state index contributed by atoms with van der Waals surface area (Å²) >= 11 is 0. The zero-order valence-corrected chi connectivity index (χ0v) is 10.2. The van der Waals surface area contributed by atoms with Crippen molar-refractivity contribution < 1.29 is 13.5 Å². The molecular formula is C15H13F2NO. The molecule has 2 aromatic carbocycles. The fraction of sp³-hybridized carbons (Fsp3) is 0.200. The van der Waals surface area contributed by atoms with E-state index in [1.165, 1.54) is 12.1 Å². The molecule has 2 N–H and O–H groups in total. The lowest BCUT2D eigenvalue weighted by Crippen LogP contribution is -2.24. The van der Waals surface area contributed by atoms with Crippen LogP contribution in [0.2, 0.25) is 0 Å². The number of benzene rings is 2. The van der Waals surface area contributed by atoms with Gasteiger partial charge in [0.05, 0.1) is 0 Å². The van der Waals surface area contributed by atoms with Crippen molar-refractivity contribution in [3.05, 3.63) is 53.6 Å². The van der Waals surface area contributed by atoms with Gasteiger partial charge in [-0.3, -0.25) is 0 Å². The highest BCUT2D eigenvalue weighted by atomic mass is 19.1. The number of hydrogen-bond donors (Lipinski definition) is 1. The zero-order chi connectivity index (χ0) is 13.4. The fourth-order valence-corrected chi connectivity index (χ4v) is 2.37. The summed E-state index contributed by atoms with van der Waals surface area (Å²) < 4.78 is 33.1. The van der Waals surface area contributed by atoms with Gasteiger partial charge in [0.15, 0.2) is 11.6 Å². The molecule has 0 spiro atoms. The van der Waals surface area contributed by atoms with Crippen molar-refractivity contribution in [1.29, 1.82) is 0 Å². The van der Waals surface area contributed by atoms with E-state index in [1.54, 1.807) is 24.3 Å². The third-order valence-corrected chi connectivity index (χ3v) is 3.30. The van der Waals surface area contributed by atoms with Gasteiger partial charge in [-0.15, -0.1) is 0 Å². The summed E-state index contributed by atoms with van der Waals surface area (Å²) in [6, 6.07) is 9.40. The standard InChI is InChI=1S/C15H13F2NO/c16-13-4-2-1-3-12(13)9-5-10-6-11(8-18)19-15(10)14(17)7-9/h1-5,7,11H,6,8,18H2. The van der Waals surface area contributed by atoms with Crippen LogP contribution in [0.3, 0.4) is 0 Å². The first-order valence-electron chi connectivity index (χ1n) is 6.13. The Kier molecular flexibility index (Phi) is 2.95. The number of rotatable bonds is 2. The molecule has 0 radical (unpaired) electrons. The molecule has 1 aliphatic rings. The summed E-state index contributed by atoms with van der Waals surface area (Å²) in [5.74, 6) is -0.585. The normalized spacial score (nSPS) is 17.1. The molecule has 2 aromatic rings. The molecule has 4 heteroatoms. The minimum atomic E-state index is -0.466. The number of hydrogen-bond acceptors (Lipinski definition) is 2. The predicted molar refractivity (Wildman–Crippen MR) is 69.0 cm³/mol. The third kappa shape index (κ3) is 2.08. The number of halogens is 2. The molecule has 0 aliphatic carbocycles. The van der Waals surface area contributed by atoms with Gasteiger partial charge in [0.2, 0.25) is 0 Å². The minimum Gasteiger partial charge on any atom is -0.485 e. The summed E-state index contributed by atoms with van der Waals surface area (Å²) in [6.45, 7) is 0.336. The molecule has 0 fully saturated rings. The lowest BCUT2D eigenvalue weighted by Gasteiger charge is -2.08. The maximum atomic E-state index is 14.0. The van der Waals surface area contributed by atoms with Gasteiger partial charge in [-0.05, 0) is 23.8 Å². The van der Waals surface area contributed by atoms with Crippen molar-refractivity contribution >= 4 is 0 Å². The Morgan fingerprint density at radius 1 is 1.16 bits per heavy atom. The Morgan fingerprint density at radius 2 is 1.95 bits per heavy atom. The van der Waals surface area contributed by atoms with E-state index in [1.807, 2.05) is 0 Å². The van der Waals surface area contributed by atoms with Crippen molar-refractivity contribution in [1.82, 2.24) is 0 Å². The largest absolute Gasteiger partial charge is 0.485 e. The SMILES string of the molecule is NCC1Cc2cc(-c3ccccc3F)cc(F)c2O1. The second-order valence-corrected chi connectivity index (χ2v) is 4.61. The maximum Gasteiger partial charge on any atom is 0.165 e. The Hall–Kier alpha value is -1.94. The second kappa shape index (κ2) is 4.63. The first kappa shape index (κ1) is 12.1. The Morgan fingerprint density at radius 3 is 2.68 bits per heavy atom. The van der Waals surface area contributed by atoms with Crippen LogP contribution in [0.1, 0.15) is 5.56 Å². The molecule has 19 heavy (non-hydrogen) atoms. The van der Waals surface area contributed by atoms with Crippen LogP contribution >= 0.6 is 0 Å². The average molecular weight is 261 g/mol. The molecule has 1 aliphatic heterocycles. The van der Waals surface area contributed by atoms with Gasteiger partial charge in [0.1, 0.15) is 11.9 Å². The average Bonchev–Trinajstić information content (AvgIpc) is 2.83. The van der Waals surface area contributed by atoms with Gasteiger partial charge < -0.3 is 10.5 Å². The van der Waals surface area contributed by atoms with E-state index in [0.29, 0.717) is 24.1 Å². The molecule has 0 saturated carbocycles. The van der Waals surface area contributed by atoms with Crippen LogP contribution in [0.5, 0.6) is 5.75 Å². The summed E-state index contributed by atoms with van der Waals surface area (Å²) in [5.41, 5.74) is 7.19. The van der Waals surface area contributed by atoms with Crippen molar-refractivity contribution in [3.63, 3.8) is 0 Å². The van der Waals surface area contributed by atoms with E-state index in [0.717, 1.165) is 5.56 Å². The molecule has 1 unspecified atom stereocenters. The highest BCUT2D eigenvalue weighted by Crippen LogP contribution is 2.36. The van der Waals surface area contributed by atoms with Gasteiger partial charge >= 0.3 is 0 Å². The number of ether oxygens (including phenoxy) is 1. The predicted octanol–water partition coefficient (Wildman–Crippen LogP) is 2.89. The van der Waals surface area contributed by atoms with Gasteiger partial charge in [-0.1, -0.05) is 18.2 Å². The second-order valence-electron chi connectivity index (χ2n) is 4.61. The molecule has 0 aromatic heterocycles. The number of nitrogens with two attached hydrogens (primary N) is 1. The minimum absolute atomic E-state index is 0.194. The maximum absolute atomic E-state index is 14.0. The van der Waals surface area contributed by atoms with E-state index in [9.17, 15) is 8.78 Å². The van der Waals surface area contributed by atoms with Crippen LogP contribution in [0.25, 0.3) is 11.1 Å². The molecule has 1 heterocycles. The van der Waals surface area contributed by atoms with Crippen molar-refractivity contribution in [2.45, 2.75) is 12.5 Å². The van der Waals surface area contributed by atoms with E-state index in [-0.39, 0.29) is 17.7 Å². The van der Waals surface area contributed by atoms with Gasteiger partial charge in [0.25, 0.3) is 0 Å². The monoisotopic (exact) mass is 261 g/mol. The third-order valence-electron chi connectivity index (χ3n) is 3.30. The summed E-state index contributed by atoms with van der Waals surface area (Å²) in [7, 11) is 0. The fourth-order valence-electron chi connectivity index (χ4n) is 2.37. The van der Waals surface area contributed by atoms with Crippen molar-refractivity contribution in [2.75, 3.05) is 6.54 Å². The highest BCUT2D eigenvalue weighted by molar-refractivity contribution is 5.67. The van der Waals surface area contributed by atoms with Gasteiger partial charge in [-0.2, -0.15) is 0 Å². The summed E-state index contributed by atoms with van der Waals surface area (Å²) in [4.78, 5) is 0. The summed E-state index contributed by atoms with van der Waals surface area (Å²) in [5, 5.41) is 0. The van der Waals surface area contributed by atoms with E-state index >= 15 is 0 Å². The van der Waals surface area contributed by atoms with E-state index < -0.39 is 5.82 Å². The zero-order valence-electron chi connectivity index (χ0n) is 10.2. The van der Waals surface area contributed by atoms with Gasteiger partial charge in [0, 0.05) is 24.1 Å². The molecule has 0 bridgehead atoms. The first-order chi connectivity index (χ1) is 9.19. The van der Waals surface area contributed by atoms with Crippen LogP contribution in [0.4, 0.5) is 8.78 Å². The summed E-state index contributed by atoms with van der Waals surface area (Å²) in [6.07, 6.45) is 0.366. The van der Waals surface area contributed by atoms with Gasteiger partial charge in [-0.25, -0.2) is 8.78 Å². The van der Waals surface area contributed by atoms with Crippen molar-refractivity contribution in [2.24, 2.45) is 5.73 Å². The van der Waals surface area contributed by atoms with Crippen LogP contribution in [-0.2, 0) is 6.42 Å². The molecule has 1 atom stereocenters.